The van der Waals surface area contributed by atoms with Crippen LogP contribution < -0.4 is 10.1 Å². The highest BCUT2D eigenvalue weighted by Crippen LogP contribution is 2.26. The predicted octanol–water partition coefficient (Wildman–Crippen LogP) is 3.62. The average Bonchev–Trinajstić information content (AvgIpc) is 2.66. The Morgan fingerprint density at radius 2 is 1.96 bits per heavy atom. The first-order chi connectivity index (χ1) is 13.0. The second-order valence-corrected chi connectivity index (χ2v) is 6.08. The molecule has 138 valence electrons. The molecule has 0 bridgehead atoms. The van der Waals surface area contributed by atoms with Crippen LogP contribution in [-0.4, -0.2) is 33.1 Å². The second-order valence-electron chi connectivity index (χ2n) is 6.08. The first-order valence-corrected chi connectivity index (χ1v) is 8.46. The number of hydrogen-bond acceptors (Lipinski definition) is 6. The summed E-state index contributed by atoms with van der Waals surface area (Å²) in [6.45, 7) is 2.00. The first-order valence-electron chi connectivity index (χ1n) is 8.46. The summed E-state index contributed by atoms with van der Waals surface area (Å²) in [6.07, 6.45) is 3.89. The van der Waals surface area contributed by atoms with Crippen molar-refractivity contribution in [3.05, 3.63) is 59.9 Å². The summed E-state index contributed by atoms with van der Waals surface area (Å²) in [5, 5.41) is 12.0. The fourth-order valence-corrected chi connectivity index (χ4v) is 2.69. The van der Waals surface area contributed by atoms with Crippen LogP contribution in [0.15, 0.2) is 48.8 Å². The number of ether oxygens (including phenoxy) is 1. The van der Waals surface area contributed by atoms with E-state index in [1.54, 1.807) is 25.6 Å². The van der Waals surface area contributed by atoms with Crippen LogP contribution in [-0.2, 0) is 11.2 Å². The highest BCUT2D eigenvalue weighted by atomic mass is 16.5. The van der Waals surface area contributed by atoms with Gasteiger partial charge in [-0.15, -0.1) is 0 Å². The highest BCUT2D eigenvalue weighted by molar-refractivity contribution is 5.69. The standard InChI is InChI=1S/C20H20N4O3/c1-13-9-15(17-11-14(5-7-21-17)3-4-19(25)26)12-16(10-13)23-20-22-8-6-18(24-20)27-2/h5-12H,3-4H2,1-2H3,(H,25,26)(H,22,23,24). The zero-order valence-corrected chi connectivity index (χ0v) is 15.1. The smallest absolute Gasteiger partial charge is 0.303 e. The average molecular weight is 364 g/mol. The molecule has 2 heterocycles. The molecule has 1 aromatic carbocycles. The Labute approximate surface area is 157 Å². The lowest BCUT2D eigenvalue weighted by Crippen LogP contribution is -2.00. The van der Waals surface area contributed by atoms with Crippen LogP contribution in [0.2, 0.25) is 0 Å². The van der Waals surface area contributed by atoms with Gasteiger partial charge in [0.15, 0.2) is 0 Å². The zero-order chi connectivity index (χ0) is 19.2. The molecule has 0 saturated heterocycles. The van der Waals surface area contributed by atoms with Gasteiger partial charge in [-0.2, -0.15) is 4.98 Å². The number of nitrogens with zero attached hydrogens (tertiary/aromatic N) is 3. The van der Waals surface area contributed by atoms with Gasteiger partial charge in [0.05, 0.1) is 12.8 Å². The number of carbonyl (C=O) groups is 1. The van der Waals surface area contributed by atoms with Gasteiger partial charge in [-0.3, -0.25) is 9.78 Å². The molecule has 0 unspecified atom stereocenters. The maximum Gasteiger partial charge on any atom is 0.303 e. The number of methoxy groups -OCH3 is 1. The minimum Gasteiger partial charge on any atom is -0.481 e. The van der Waals surface area contributed by atoms with Gasteiger partial charge in [0.1, 0.15) is 0 Å². The van der Waals surface area contributed by atoms with Crippen molar-refractivity contribution in [3.8, 4) is 17.1 Å². The zero-order valence-electron chi connectivity index (χ0n) is 15.1. The van der Waals surface area contributed by atoms with Crippen molar-refractivity contribution in [2.24, 2.45) is 0 Å². The molecule has 7 nitrogen and oxygen atoms in total. The number of carboxylic acid groups (broad SMARTS) is 1. The van der Waals surface area contributed by atoms with Crippen molar-refractivity contribution >= 4 is 17.6 Å². The van der Waals surface area contributed by atoms with Gasteiger partial charge in [0, 0.05) is 36.1 Å². The van der Waals surface area contributed by atoms with Crippen LogP contribution in [0, 0.1) is 6.92 Å². The third-order valence-corrected chi connectivity index (χ3v) is 3.92. The van der Waals surface area contributed by atoms with Crippen molar-refractivity contribution in [1.82, 2.24) is 15.0 Å². The third kappa shape index (κ3) is 5.01. The molecular formula is C20H20N4O3. The Kier molecular flexibility index (Phi) is 5.61. The molecule has 0 spiro atoms. The van der Waals surface area contributed by atoms with Gasteiger partial charge in [0.25, 0.3) is 0 Å². The normalized spacial score (nSPS) is 10.4. The summed E-state index contributed by atoms with van der Waals surface area (Å²) < 4.78 is 5.12. The van der Waals surface area contributed by atoms with E-state index in [9.17, 15) is 4.79 Å². The van der Waals surface area contributed by atoms with Crippen molar-refractivity contribution < 1.29 is 14.6 Å². The molecule has 0 fully saturated rings. The van der Waals surface area contributed by atoms with Crippen LogP contribution in [0.4, 0.5) is 11.6 Å². The van der Waals surface area contributed by atoms with E-state index in [0.717, 1.165) is 28.1 Å². The number of benzene rings is 1. The molecule has 2 N–H and O–H groups in total. The van der Waals surface area contributed by atoms with Gasteiger partial charge in [-0.1, -0.05) is 0 Å². The Hall–Kier alpha value is -3.48. The molecule has 3 aromatic rings. The molecular weight excluding hydrogens is 344 g/mol. The number of hydrogen-bond donors (Lipinski definition) is 2. The van der Waals surface area contributed by atoms with Gasteiger partial charge >= 0.3 is 5.97 Å². The number of nitrogens with one attached hydrogen (secondary N) is 1. The van der Waals surface area contributed by atoms with E-state index >= 15 is 0 Å². The van der Waals surface area contributed by atoms with E-state index in [2.05, 4.69) is 20.3 Å². The van der Waals surface area contributed by atoms with Crippen LogP contribution in [0.3, 0.4) is 0 Å². The maximum atomic E-state index is 10.8. The Bertz CT molecular complexity index is 959. The van der Waals surface area contributed by atoms with Crippen molar-refractivity contribution in [2.45, 2.75) is 19.8 Å². The molecule has 0 amide bonds. The van der Waals surface area contributed by atoms with Crippen LogP contribution in [0.5, 0.6) is 5.88 Å². The van der Waals surface area contributed by atoms with E-state index in [0.29, 0.717) is 18.2 Å². The predicted molar refractivity (Wildman–Crippen MR) is 102 cm³/mol. The van der Waals surface area contributed by atoms with Gasteiger partial charge in [-0.05, 0) is 54.8 Å². The van der Waals surface area contributed by atoms with Gasteiger partial charge in [0.2, 0.25) is 11.8 Å². The fraction of sp³-hybridized carbons (Fsp3) is 0.200. The second kappa shape index (κ2) is 8.27. The number of rotatable bonds is 7. The molecule has 0 saturated carbocycles. The molecule has 0 aliphatic carbocycles. The minimum atomic E-state index is -0.811. The summed E-state index contributed by atoms with van der Waals surface area (Å²) in [5.74, 6) is 0.107. The van der Waals surface area contributed by atoms with Gasteiger partial charge in [-0.25, -0.2) is 4.98 Å². The largest absolute Gasteiger partial charge is 0.481 e. The minimum absolute atomic E-state index is 0.0945. The Morgan fingerprint density at radius 3 is 2.74 bits per heavy atom. The van der Waals surface area contributed by atoms with E-state index in [-0.39, 0.29) is 6.42 Å². The first kappa shape index (κ1) is 18.3. The van der Waals surface area contributed by atoms with Crippen molar-refractivity contribution in [2.75, 3.05) is 12.4 Å². The molecule has 0 aliphatic rings. The van der Waals surface area contributed by atoms with E-state index < -0.39 is 5.97 Å². The number of pyridine rings is 1. The van der Waals surface area contributed by atoms with E-state index in [1.165, 1.54) is 0 Å². The molecule has 2 aromatic heterocycles. The Morgan fingerprint density at radius 1 is 1.15 bits per heavy atom. The number of aryl methyl sites for hydroxylation is 2. The molecule has 27 heavy (non-hydrogen) atoms. The number of aromatic nitrogens is 3. The Balaban J connectivity index is 1.86. The topological polar surface area (TPSA) is 97.2 Å². The maximum absolute atomic E-state index is 10.8. The lowest BCUT2D eigenvalue weighted by atomic mass is 10.0. The van der Waals surface area contributed by atoms with Crippen molar-refractivity contribution in [3.63, 3.8) is 0 Å². The van der Waals surface area contributed by atoms with Crippen LogP contribution in [0.1, 0.15) is 17.5 Å². The van der Waals surface area contributed by atoms with Crippen molar-refractivity contribution in [1.29, 1.82) is 0 Å². The summed E-state index contributed by atoms with van der Waals surface area (Å²) in [4.78, 5) is 23.7. The van der Waals surface area contributed by atoms with Crippen LogP contribution >= 0.6 is 0 Å². The number of anilines is 2. The van der Waals surface area contributed by atoms with E-state index in [1.807, 2.05) is 37.3 Å². The summed E-state index contributed by atoms with van der Waals surface area (Å²) in [5.41, 5.74) is 4.54. The monoisotopic (exact) mass is 364 g/mol. The number of carboxylic acids is 1. The quantitative estimate of drug-likeness (QED) is 0.661. The molecule has 0 aliphatic heterocycles. The lowest BCUT2D eigenvalue weighted by molar-refractivity contribution is -0.136. The summed E-state index contributed by atoms with van der Waals surface area (Å²) in [7, 11) is 1.56. The molecule has 0 radical (unpaired) electrons. The lowest BCUT2D eigenvalue weighted by Gasteiger charge is -2.10. The van der Waals surface area contributed by atoms with Gasteiger partial charge < -0.3 is 15.2 Å². The molecule has 7 heteroatoms. The summed E-state index contributed by atoms with van der Waals surface area (Å²) in [6, 6.07) is 11.4. The molecule has 3 rings (SSSR count). The number of aliphatic carboxylic acids is 1. The fourth-order valence-electron chi connectivity index (χ4n) is 2.69. The highest BCUT2D eigenvalue weighted by Gasteiger charge is 2.07. The van der Waals surface area contributed by atoms with Crippen LogP contribution in [0.25, 0.3) is 11.3 Å². The SMILES string of the molecule is COc1ccnc(Nc2cc(C)cc(-c3cc(CCC(=O)O)ccn3)c2)n1. The summed E-state index contributed by atoms with van der Waals surface area (Å²) >= 11 is 0. The van der Waals surface area contributed by atoms with E-state index in [4.69, 9.17) is 9.84 Å². The third-order valence-electron chi connectivity index (χ3n) is 3.92. The molecule has 0 atom stereocenters.